The number of aromatic amines is 1. The van der Waals surface area contributed by atoms with Gasteiger partial charge in [0.2, 0.25) is 0 Å². The summed E-state index contributed by atoms with van der Waals surface area (Å²) >= 11 is 0. The Morgan fingerprint density at radius 2 is 2.50 bits per heavy atom. The lowest BCUT2D eigenvalue weighted by Crippen LogP contribution is -2.26. The molecule has 2 heterocycles. The van der Waals surface area contributed by atoms with Crippen molar-refractivity contribution in [1.82, 2.24) is 10.2 Å². The zero-order chi connectivity index (χ0) is 11.5. The van der Waals surface area contributed by atoms with Crippen molar-refractivity contribution in [2.45, 2.75) is 38.7 Å². The summed E-state index contributed by atoms with van der Waals surface area (Å²) in [5, 5.41) is 9.68. The summed E-state index contributed by atoms with van der Waals surface area (Å²) in [7, 11) is 0. The van der Waals surface area contributed by atoms with Gasteiger partial charge in [0.25, 0.3) is 5.91 Å². The van der Waals surface area contributed by atoms with Crippen molar-refractivity contribution in [3.63, 3.8) is 0 Å². The van der Waals surface area contributed by atoms with Crippen LogP contribution in [0.3, 0.4) is 0 Å². The van der Waals surface area contributed by atoms with Gasteiger partial charge in [-0.15, -0.1) is 0 Å². The normalized spacial score (nSPS) is 20.3. The van der Waals surface area contributed by atoms with E-state index in [0.717, 1.165) is 18.5 Å². The van der Waals surface area contributed by atoms with E-state index in [2.05, 4.69) is 29.4 Å². The minimum Gasteiger partial charge on any atom is -0.368 e. The Kier molecular flexibility index (Phi) is 3.24. The Hall–Kier alpha value is -1.36. The molecule has 1 amide bonds. The summed E-state index contributed by atoms with van der Waals surface area (Å²) in [5.41, 5.74) is 1.02. The van der Waals surface area contributed by atoms with Gasteiger partial charge in [0.15, 0.2) is 5.82 Å². The molecule has 88 valence electrons. The van der Waals surface area contributed by atoms with Gasteiger partial charge in [-0.05, 0) is 18.8 Å². The van der Waals surface area contributed by atoms with Gasteiger partial charge < -0.3 is 10.1 Å². The highest BCUT2D eigenvalue weighted by molar-refractivity contribution is 5.93. The number of anilines is 1. The Morgan fingerprint density at radius 1 is 1.69 bits per heavy atom. The van der Waals surface area contributed by atoms with Gasteiger partial charge in [-0.3, -0.25) is 9.89 Å². The molecule has 0 spiro atoms. The molecule has 5 nitrogen and oxygen atoms in total. The van der Waals surface area contributed by atoms with E-state index in [1.165, 1.54) is 0 Å². The van der Waals surface area contributed by atoms with Crippen molar-refractivity contribution in [2.75, 3.05) is 11.9 Å². The van der Waals surface area contributed by atoms with Gasteiger partial charge in [-0.25, -0.2) is 0 Å². The number of aromatic nitrogens is 2. The van der Waals surface area contributed by atoms with Crippen LogP contribution in [0.4, 0.5) is 5.82 Å². The van der Waals surface area contributed by atoms with E-state index in [1.807, 2.05) is 6.07 Å². The average molecular weight is 223 g/mol. The monoisotopic (exact) mass is 223 g/mol. The number of carbonyl (C=O) groups excluding carboxylic acids is 1. The predicted molar refractivity (Wildman–Crippen MR) is 60.3 cm³/mol. The Morgan fingerprint density at radius 3 is 3.06 bits per heavy atom. The molecule has 0 saturated carbocycles. The van der Waals surface area contributed by atoms with E-state index in [-0.39, 0.29) is 12.0 Å². The molecule has 1 aromatic rings. The number of H-pyrrole nitrogens is 1. The topological polar surface area (TPSA) is 67.0 Å². The molecule has 1 aliphatic heterocycles. The van der Waals surface area contributed by atoms with Crippen LogP contribution in [-0.2, 0) is 9.53 Å². The largest absolute Gasteiger partial charge is 0.368 e. The van der Waals surface area contributed by atoms with E-state index in [1.54, 1.807) is 0 Å². The first-order chi connectivity index (χ1) is 7.66. The maximum absolute atomic E-state index is 11.7. The van der Waals surface area contributed by atoms with Crippen molar-refractivity contribution in [2.24, 2.45) is 0 Å². The molecular formula is C11H17N3O2. The fraction of sp³-hybridized carbons (Fsp3) is 0.636. The van der Waals surface area contributed by atoms with Crippen LogP contribution < -0.4 is 5.32 Å². The average Bonchev–Trinajstić information content (AvgIpc) is 2.87. The van der Waals surface area contributed by atoms with E-state index in [0.29, 0.717) is 18.3 Å². The Balaban J connectivity index is 1.95. The molecule has 1 aliphatic rings. The second-order valence-electron chi connectivity index (χ2n) is 4.35. The molecule has 1 unspecified atom stereocenters. The van der Waals surface area contributed by atoms with Crippen molar-refractivity contribution in [3.05, 3.63) is 11.8 Å². The molecule has 1 saturated heterocycles. The van der Waals surface area contributed by atoms with Gasteiger partial charge in [-0.2, -0.15) is 5.10 Å². The number of nitrogens with one attached hydrogen (secondary N) is 2. The van der Waals surface area contributed by atoms with Gasteiger partial charge in [0.05, 0.1) is 0 Å². The maximum Gasteiger partial charge on any atom is 0.254 e. The molecule has 1 aromatic heterocycles. The number of nitrogens with zero attached hydrogens (tertiary/aromatic N) is 1. The Bertz CT molecular complexity index is 367. The lowest BCUT2D eigenvalue weighted by Gasteiger charge is -2.07. The zero-order valence-corrected chi connectivity index (χ0v) is 9.62. The highest BCUT2D eigenvalue weighted by Crippen LogP contribution is 2.17. The standard InChI is InChI=1S/C11H17N3O2/c1-7(2)8-6-10(14-13-8)12-11(15)9-4-3-5-16-9/h6-7,9H,3-5H2,1-2H3,(H2,12,13,14,15). The molecule has 0 bridgehead atoms. The number of amides is 1. The highest BCUT2D eigenvalue weighted by atomic mass is 16.5. The molecule has 1 fully saturated rings. The van der Waals surface area contributed by atoms with Crippen LogP contribution in [0.1, 0.15) is 38.3 Å². The lowest BCUT2D eigenvalue weighted by molar-refractivity contribution is -0.124. The molecule has 0 radical (unpaired) electrons. The third-order valence-corrected chi connectivity index (χ3v) is 2.69. The maximum atomic E-state index is 11.7. The van der Waals surface area contributed by atoms with Gasteiger partial charge in [0.1, 0.15) is 6.10 Å². The molecule has 5 heteroatoms. The van der Waals surface area contributed by atoms with Crippen LogP contribution in [-0.4, -0.2) is 28.8 Å². The van der Waals surface area contributed by atoms with Gasteiger partial charge in [0, 0.05) is 18.4 Å². The van der Waals surface area contributed by atoms with Gasteiger partial charge in [-0.1, -0.05) is 13.8 Å². The van der Waals surface area contributed by atoms with Crippen molar-refractivity contribution < 1.29 is 9.53 Å². The van der Waals surface area contributed by atoms with E-state index in [9.17, 15) is 4.79 Å². The van der Waals surface area contributed by atoms with Gasteiger partial charge >= 0.3 is 0 Å². The summed E-state index contributed by atoms with van der Waals surface area (Å²) < 4.78 is 5.29. The first-order valence-electron chi connectivity index (χ1n) is 5.64. The van der Waals surface area contributed by atoms with Crippen molar-refractivity contribution >= 4 is 11.7 Å². The number of rotatable bonds is 3. The minimum absolute atomic E-state index is 0.0979. The molecule has 1 atom stereocenters. The SMILES string of the molecule is CC(C)c1cc(NC(=O)C2CCCO2)n[nH]1. The summed E-state index contributed by atoms with van der Waals surface area (Å²) in [5.74, 6) is 0.851. The summed E-state index contributed by atoms with van der Waals surface area (Å²) in [4.78, 5) is 11.7. The summed E-state index contributed by atoms with van der Waals surface area (Å²) in [6, 6.07) is 1.86. The van der Waals surface area contributed by atoms with Crippen LogP contribution in [0.25, 0.3) is 0 Å². The number of hydrogen-bond donors (Lipinski definition) is 2. The first kappa shape index (κ1) is 11.1. The van der Waals surface area contributed by atoms with E-state index in [4.69, 9.17) is 4.74 Å². The molecule has 2 N–H and O–H groups in total. The van der Waals surface area contributed by atoms with Crippen LogP contribution in [0, 0.1) is 0 Å². The lowest BCUT2D eigenvalue weighted by atomic mass is 10.1. The fourth-order valence-corrected chi connectivity index (χ4v) is 1.69. The van der Waals surface area contributed by atoms with Crippen LogP contribution in [0.15, 0.2) is 6.07 Å². The fourth-order valence-electron chi connectivity index (χ4n) is 1.69. The zero-order valence-electron chi connectivity index (χ0n) is 9.62. The van der Waals surface area contributed by atoms with Crippen molar-refractivity contribution in [1.29, 1.82) is 0 Å². The van der Waals surface area contributed by atoms with E-state index >= 15 is 0 Å². The molecule has 0 aliphatic carbocycles. The summed E-state index contributed by atoms with van der Waals surface area (Å²) in [6.45, 7) is 4.81. The summed E-state index contributed by atoms with van der Waals surface area (Å²) in [6.07, 6.45) is 1.45. The third kappa shape index (κ3) is 2.41. The highest BCUT2D eigenvalue weighted by Gasteiger charge is 2.24. The first-order valence-corrected chi connectivity index (χ1v) is 5.64. The molecule has 0 aromatic carbocycles. The smallest absolute Gasteiger partial charge is 0.254 e. The van der Waals surface area contributed by atoms with Crippen LogP contribution in [0.2, 0.25) is 0 Å². The molecule has 16 heavy (non-hydrogen) atoms. The Labute approximate surface area is 94.6 Å². The van der Waals surface area contributed by atoms with Crippen LogP contribution >= 0.6 is 0 Å². The second kappa shape index (κ2) is 4.65. The number of ether oxygens (including phenoxy) is 1. The number of carbonyl (C=O) groups is 1. The second-order valence-corrected chi connectivity index (χ2v) is 4.35. The number of hydrogen-bond acceptors (Lipinski definition) is 3. The van der Waals surface area contributed by atoms with Crippen LogP contribution in [0.5, 0.6) is 0 Å². The van der Waals surface area contributed by atoms with Crippen molar-refractivity contribution in [3.8, 4) is 0 Å². The molecule has 2 rings (SSSR count). The minimum atomic E-state index is -0.306. The third-order valence-electron chi connectivity index (χ3n) is 2.69. The molecular weight excluding hydrogens is 206 g/mol. The van der Waals surface area contributed by atoms with E-state index < -0.39 is 0 Å². The quantitative estimate of drug-likeness (QED) is 0.818. The predicted octanol–water partition coefficient (Wildman–Crippen LogP) is 1.65.